The van der Waals surface area contributed by atoms with Crippen LogP contribution in [0.25, 0.3) is 10.9 Å². The Hall–Kier alpha value is -3.22. The number of esters is 2. The number of hydrogen-bond donors (Lipinski definition) is 0. The minimum absolute atomic E-state index is 0.0817. The van der Waals surface area contributed by atoms with Crippen LogP contribution in [0.2, 0.25) is 0 Å². The van der Waals surface area contributed by atoms with E-state index in [9.17, 15) is 18.4 Å². The molecule has 0 unspecified atom stereocenters. The van der Waals surface area contributed by atoms with Gasteiger partial charge < -0.3 is 14.0 Å². The standard InChI is InChI=1S/C21H17F2NO4/c1-11-18(20(25)27-2)14-10-13(8-9-17(14)24(11)12-6-7-12)28-21(26)19-15(22)4-3-5-16(19)23/h3-5,8-10,12H,6-7H2,1-2H3. The third-order valence-corrected chi connectivity index (χ3v) is 4.90. The first-order chi connectivity index (χ1) is 13.4. The van der Waals surface area contributed by atoms with Crippen molar-refractivity contribution in [1.82, 2.24) is 4.57 Å². The Morgan fingerprint density at radius 2 is 1.71 bits per heavy atom. The van der Waals surface area contributed by atoms with Crippen LogP contribution in [0.15, 0.2) is 36.4 Å². The molecule has 1 fully saturated rings. The first kappa shape index (κ1) is 18.2. The van der Waals surface area contributed by atoms with E-state index in [1.807, 2.05) is 6.92 Å². The summed E-state index contributed by atoms with van der Waals surface area (Å²) in [5.41, 5.74) is 1.21. The minimum Gasteiger partial charge on any atom is -0.465 e. The molecule has 144 valence electrons. The van der Waals surface area contributed by atoms with Gasteiger partial charge in [0.25, 0.3) is 0 Å². The third kappa shape index (κ3) is 2.93. The molecule has 1 aromatic heterocycles. The van der Waals surface area contributed by atoms with Crippen molar-refractivity contribution in [2.75, 3.05) is 7.11 Å². The maximum Gasteiger partial charge on any atom is 0.349 e. The average molecular weight is 385 g/mol. The molecule has 1 heterocycles. The molecule has 1 saturated carbocycles. The van der Waals surface area contributed by atoms with Gasteiger partial charge in [0, 0.05) is 22.6 Å². The first-order valence-corrected chi connectivity index (χ1v) is 8.81. The van der Waals surface area contributed by atoms with Gasteiger partial charge in [-0.15, -0.1) is 0 Å². The average Bonchev–Trinajstić information content (AvgIpc) is 3.44. The van der Waals surface area contributed by atoms with Gasteiger partial charge in [0.1, 0.15) is 22.9 Å². The van der Waals surface area contributed by atoms with Crippen molar-refractivity contribution in [2.45, 2.75) is 25.8 Å². The van der Waals surface area contributed by atoms with Crippen molar-refractivity contribution in [1.29, 1.82) is 0 Å². The summed E-state index contributed by atoms with van der Waals surface area (Å²) < 4.78 is 39.8. The van der Waals surface area contributed by atoms with Crippen LogP contribution in [0, 0.1) is 18.6 Å². The molecule has 0 spiro atoms. The zero-order valence-electron chi connectivity index (χ0n) is 15.3. The smallest absolute Gasteiger partial charge is 0.349 e. The van der Waals surface area contributed by atoms with Gasteiger partial charge in [-0.1, -0.05) is 6.07 Å². The number of hydrogen-bond acceptors (Lipinski definition) is 4. The van der Waals surface area contributed by atoms with E-state index < -0.39 is 29.1 Å². The third-order valence-electron chi connectivity index (χ3n) is 4.90. The number of benzene rings is 2. The highest BCUT2D eigenvalue weighted by molar-refractivity contribution is 6.06. The lowest BCUT2D eigenvalue weighted by atomic mass is 10.1. The summed E-state index contributed by atoms with van der Waals surface area (Å²) in [7, 11) is 1.30. The van der Waals surface area contributed by atoms with Gasteiger partial charge in [0.15, 0.2) is 0 Å². The summed E-state index contributed by atoms with van der Waals surface area (Å²) in [5, 5.41) is 0.565. The van der Waals surface area contributed by atoms with Gasteiger partial charge in [-0.2, -0.15) is 0 Å². The van der Waals surface area contributed by atoms with E-state index in [1.165, 1.54) is 19.2 Å². The van der Waals surface area contributed by atoms with E-state index in [1.54, 1.807) is 12.1 Å². The van der Waals surface area contributed by atoms with Crippen LogP contribution in [-0.4, -0.2) is 23.6 Å². The number of carbonyl (C=O) groups is 2. The normalized spacial score (nSPS) is 13.6. The van der Waals surface area contributed by atoms with Gasteiger partial charge >= 0.3 is 11.9 Å². The largest absolute Gasteiger partial charge is 0.465 e. The summed E-state index contributed by atoms with van der Waals surface area (Å²) in [6, 6.07) is 8.24. The summed E-state index contributed by atoms with van der Waals surface area (Å²) in [6.45, 7) is 1.84. The van der Waals surface area contributed by atoms with Crippen LogP contribution in [0.4, 0.5) is 8.78 Å². The molecule has 3 aromatic rings. The van der Waals surface area contributed by atoms with E-state index in [4.69, 9.17) is 9.47 Å². The van der Waals surface area contributed by atoms with Gasteiger partial charge in [0.2, 0.25) is 0 Å². The van der Waals surface area contributed by atoms with E-state index in [-0.39, 0.29) is 5.75 Å². The van der Waals surface area contributed by atoms with E-state index in [0.29, 0.717) is 17.0 Å². The van der Waals surface area contributed by atoms with Crippen LogP contribution in [0.5, 0.6) is 5.75 Å². The number of fused-ring (bicyclic) bond motifs is 1. The Bertz CT molecular complexity index is 1100. The fraction of sp³-hybridized carbons (Fsp3) is 0.238. The summed E-state index contributed by atoms with van der Waals surface area (Å²) >= 11 is 0. The number of ether oxygens (including phenoxy) is 2. The predicted molar refractivity (Wildman–Crippen MR) is 97.6 cm³/mol. The summed E-state index contributed by atoms with van der Waals surface area (Å²) in [6.07, 6.45) is 2.04. The molecule has 1 aliphatic carbocycles. The lowest BCUT2D eigenvalue weighted by Gasteiger charge is -2.08. The predicted octanol–water partition coefficient (Wildman–Crippen LogP) is 4.57. The Morgan fingerprint density at radius 1 is 1.04 bits per heavy atom. The molecule has 0 saturated heterocycles. The Morgan fingerprint density at radius 3 is 2.32 bits per heavy atom. The van der Waals surface area contributed by atoms with Gasteiger partial charge in [-0.3, -0.25) is 0 Å². The Balaban J connectivity index is 1.77. The van der Waals surface area contributed by atoms with Crippen molar-refractivity contribution in [3.8, 4) is 5.75 Å². The number of methoxy groups -OCH3 is 1. The molecule has 0 bridgehead atoms. The fourth-order valence-corrected chi connectivity index (χ4v) is 3.50. The maximum absolute atomic E-state index is 13.8. The SMILES string of the molecule is COC(=O)c1c(C)n(C2CC2)c2ccc(OC(=O)c3c(F)cccc3F)cc12. The van der Waals surface area contributed by atoms with Crippen LogP contribution < -0.4 is 4.74 Å². The van der Waals surface area contributed by atoms with Gasteiger partial charge in [-0.05, 0) is 50.1 Å². The Labute approximate surface area is 159 Å². The second kappa shape index (κ2) is 6.74. The van der Waals surface area contributed by atoms with E-state index >= 15 is 0 Å². The van der Waals surface area contributed by atoms with Gasteiger partial charge in [-0.25, -0.2) is 18.4 Å². The van der Waals surface area contributed by atoms with Crippen molar-refractivity contribution in [2.24, 2.45) is 0 Å². The van der Waals surface area contributed by atoms with Crippen molar-refractivity contribution in [3.05, 3.63) is 64.9 Å². The molecule has 0 atom stereocenters. The molecule has 5 nitrogen and oxygen atoms in total. The quantitative estimate of drug-likeness (QED) is 0.488. The number of carbonyl (C=O) groups excluding carboxylic acids is 2. The zero-order valence-corrected chi connectivity index (χ0v) is 15.3. The van der Waals surface area contributed by atoms with Crippen molar-refractivity contribution < 1.29 is 27.8 Å². The summed E-state index contributed by atoms with van der Waals surface area (Å²) in [4.78, 5) is 24.6. The number of nitrogens with zero attached hydrogens (tertiary/aromatic N) is 1. The van der Waals surface area contributed by atoms with E-state index in [0.717, 1.165) is 36.2 Å². The molecule has 28 heavy (non-hydrogen) atoms. The van der Waals surface area contributed by atoms with Gasteiger partial charge in [0.05, 0.1) is 12.7 Å². The number of aromatic nitrogens is 1. The molecule has 7 heteroatoms. The maximum atomic E-state index is 13.8. The van der Waals surface area contributed by atoms with Crippen LogP contribution >= 0.6 is 0 Å². The monoisotopic (exact) mass is 385 g/mol. The van der Waals surface area contributed by atoms with Crippen LogP contribution in [0.3, 0.4) is 0 Å². The summed E-state index contributed by atoms with van der Waals surface area (Å²) in [5.74, 6) is -3.56. The van der Waals surface area contributed by atoms with Crippen LogP contribution in [-0.2, 0) is 4.74 Å². The van der Waals surface area contributed by atoms with Crippen molar-refractivity contribution >= 4 is 22.8 Å². The molecular weight excluding hydrogens is 368 g/mol. The molecule has 0 amide bonds. The van der Waals surface area contributed by atoms with Crippen LogP contribution in [0.1, 0.15) is 45.3 Å². The molecule has 0 radical (unpaired) electrons. The number of halogens is 2. The Kier molecular flexibility index (Phi) is 4.37. The topological polar surface area (TPSA) is 57.5 Å². The molecule has 0 aliphatic heterocycles. The second-order valence-electron chi connectivity index (χ2n) is 6.72. The molecule has 0 N–H and O–H groups in total. The van der Waals surface area contributed by atoms with E-state index in [2.05, 4.69) is 4.57 Å². The molecule has 1 aliphatic rings. The molecule has 4 rings (SSSR count). The highest BCUT2D eigenvalue weighted by atomic mass is 19.1. The highest BCUT2D eigenvalue weighted by Crippen LogP contribution is 2.42. The lowest BCUT2D eigenvalue weighted by Crippen LogP contribution is -2.13. The molecule has 2 aromatic carbocycles. The molecular formula is C21H17F2NO4. The fourth-order valence-electron chi connectivity index (χ4n) is 3.50. The lowest BCUT2D eigenvalue weighted by molar-refractivity contribution is 0.0601. The number of rotatable bonds is 4. The first-order valence-electron chi connectivity index (χ1n) is 8.81. The minimum atomic E-state index is -1.15. The van der Waals surface area contributed by atoms with Crippen molar-refractivity contribution in [3.63, 3.8) is 0 Å². The highest BCUT2D eigenvalue weighted by Gasteiger charge is 2.31. The zero-order chi connectivity index (χ0) is 20.0. The second-order valence-corrected chi connectivity index (χ2v) is 6.72.